The van der Waals surface area contributed by atoms with Crippen molar-refractivity contribution in [3.05, 3.63) is 46.6 Å². The molecule has 0 fully saturated rings. The van der Waals surface area contributed by atoms with E-state index in [9.17, 15) is 0 Å². The van der Waals surface area contributed by atoms with Crippen LogP contribution in [0.4, 0.5) is 0 Å². The van der Waals surface area contributed by atoms with Crippen LogP contribution in [0.2, 0.25) is 5.02 Å². The van der Waals surface area contributed by atoms with E-state index in [-0.39, 0.29) is 30.1 Å². The van der Waals surface area contributed by atoms with Crippen molar-refractivity contribution in [2.24, 2.45) is 4.99 Å². The molecule has 1 heterocycles. The number of hydrogen-bond acceptors (Lipinski definition) is 4. The van der Waals surface area contributed by atoms with Crippen molar-refractivity contribution in [2.45, 2.75) is 40.3 Å². The topological polar surface area (TPSA) is 71.7 Å². The van der Waals surface area contributed by atoms with E-state index >= 15 is 0 Å². The van der Waals surface area contributed by atoms with E-state index in [0.717, 1.165) is 23.7 Å². The minimum atomic E-state index is -0.0312. The molecule has 0 amide bonds. The summed E-state index contributed by atoms with van der Waals surface area (Å²) in [6, 6.07) is 7.32. The Morgan fingerprint density at radius 2 is 1.96 bits per heavy atom. The molecule has 1 atom stereocenters. The zero-order chi connectivity index (χ0) is 18.2. The fourth-order valence-corrected chi connectivity index (χ4v) is 2.25. The molecular weight excluding hydrogens is 467 g/mol. The molecule has 0 spiro atoms. The van der Waals surface area contributed by atoms with E-state index in [1.807, 2.05) is 52.0 Å². The molecule has 0 aliphatic carbocycles. The lowest BCUT2D eigenvalue weighted by molar-refractivity contribution is 0.224. The van der Waals surface area contributed by atoms with Crippen LogP contribution in [-0.4, -0.2) is 30.1 Å². The lowest BCUT2D eigenvalue weighted by Gasteiger charge is -2.17. The lowest BCUT2D eigenvalue weighted by atomic mass is 10.3. The van der Waals surface area contributed by atoms with Crippen molar-refractivity contribution < 1.29 is 9.15 Å². The fourth-order valence-electron chi connectivity index (χ4n) is 2.12. The van der Waals surface area contributed by atoms with E-state index in [1.54, 1.807) is 0 Å². The van der Waals surface area contributed by atoms with Gasteiger partial charge in [0.05, 0.1) is 12.2 Å². The highest BCUT2D eigenvalue weighted by molar-refractivity contribution is 14.0. The highest BCUT2D eigenvalue weighted by Crippen LogP contribution is 2.16. The number of guanidine groups is 1. The normalized spacial score (nSPS) is 12.3. The predicted octanol–water partition coefficient (Wildman–Crippen LogP) is 4.09. The summed E-state index contributed by atoms with van der Waals surface area (Å²) < 4.78 is 11.4. The average Bonchev–Trinajstić information content (AvgIpc) is 2.90. The molecule has 0 saturated heterocycles. The van der Waals surface area contributed by atoms with Gasteiger partial charge in [-0.15, -0.1) is 24.0 Å². The number of aliphatic imine (C=N–C) groups is 1. The standard InChI is InChI=1S/C18H25ClN4O2.HI/c1-5-20-18(22-11-17-23-13(3)14(4)25-17)21-10-12(2)24-16-8-6-15(19)7-9-16;/h6-9,12H,5,10-11H2,1-4H3,(H2,20,21,22);1H. The molecule has 26 heavy (non-hydrogen) atoms. The Morgan fingerprint density at radius 1 is 1.27 bits per heavy atom. The van der Waals surface area contributed by atoms with Gasteiger partial charge in [-0.2, -0.15) is 0 Å². The first-order chi connectivity index (χ1) is 12.0. The molecule has 0 saturated carbocycles. The number of hydrogen-bond donors (Lipinski definition) is 2. The Kier molecular flexibility index (Phi) is 9.79. The number of nitrogens with one attached hydrogen (secondary N) is 2. The maximum Gasteiger partial charge on any atom is 0.216 e. The molecule has 0 radical (unpaired) electrons. The second-order valence-corrected chi connectivity index (χ2v) is 6.14. The number of aryl methyl sites for hydroxylation is 2. The number of benzene rings is 1. The van der Waals surface area contributed by atoms with Gasteiger partial charge in [-0.3, -0.25) is 0 Å². The third kappa shape index (κ3) is 7.41. The van der Waals surface area contributed by atoms with Crippen LogP contribution in [0, 0.1) is 13.8 Å². The Morgan fingerprint density at radius 3 is 2.54 bits per heavy atom. The maximum atomic E-state index is 5.88. The molecule has 1 aromatic carbocycles. The number of aromatic nitrogens is 1. The van der Waals surface area contributed by atoms with E-state index < -0.39 is 0 Å². The summed E-state index contributed by atoms with van der Waals surface area (Å²) in [7, 11) is 0. The van der Waals surface area contributed by atoms with Crippen LogP contribution in [0.3, 0.4) is 0 Å². The fraction of sp³-hybridized carbons (Fsp3) is 0.444. The molecule has 8 heteroatoms. The van der Waals surface area contributed by atoms with E-state index in [0.29, 0.717) is 30.0 Å². The molecule has 0 aliphatic rings. The molecule has 2 N–H and O–H groups in total. The van der Waals surface area contributed by atoms with Crippen molar-refractivity contribution >= 4 is 41.5 Å². The van der Waals surface area contributed by atoms with Gasteiger partial charge in [0.2, 0.25) is 5.89 Å². The van der Waals surface area contributed by atoms with Gasteiger partial charge >= 0.3 is 0 Å². The minimum Gasteiger partial charge on any atom is -0.489 e. The molecule has 144 valence electrons. The number of halogens is 2. The molecule has 2 aromatic rings. The molecule has 0 aliphatic heterocycles. The largest absolute Gasteiger partial charge is 0.489 e. The SMILES string of the molecule is CCNC(=NCc1nc(C)c(C)o1)NCC(C)Oc1ccc(Cl)cc1.I. The Balaban J connectivity index is 0.00000338. The summed E-state index contributed by atoms with van der Waals surface area (Å²) in [6.07, 6.45) is -0.0312. The van der Waals surface area contributed by atoms with Crippen LogP contribution >= 0.6 is 35.6 Å². The molecule has 6 nitrogen and oxygen atoms in total. The molecule has 1 unspecified atom stereocenters. The third-order valence-electron chi connectivity index (χ3n) is 3.50. The average molecular weight is 493 g/mol. The number of rotatable bonds is 7. The van der Waals surface area contributed by atoms with Crippen LogP contribution in [0.5, 0.6) is 5.75 Å². The summed E-state index contributed by atoms with van der Waals surface area (Å²) >= 11 is 5.88. The van der Waals surface area contributed by atoms with Crippen molar-refractivity contribution in [3.63, 3.8) is 0 Å². The van der Waals surface area contributed by atoms with Gasteiger partial charge in [-0.1, -0.05) is 11.6 Å². The van der Waals surface area contributed by atoms with Gasteiger partial charge in [0.25, 0.3) is 0 Å². The van der Waals surface area contributed by atoms with Crippen molar-refractivity contribution in [2.75, 3.05) is 13.1 Å². The summed E-state index contributed by atoms with van der Waals surface area (Å²) in [5.74, 6) is 2.92. The van der Waals surface area contributed by atoms with Crippen molar-refractivity contribution in [1.82, 2.24) is 15.6 Å². The van der Waals surface area contributed by atoms with Crippen LogP contribution in [0.1, 0.15) is 31.2 Å². The highest BCUT2D eigenvalue weighted by atomic mass is 127. The van der Waals surface area contributed by atoms with Gasteiger partial charge in [-0.05, 0) is 52.0 Å². The van der Waals surface area contributed by atoms with Crippen LogP contribution in [-0.2, 0) is 6.54 Å². The second-order valence-electron chi connectivity index (χ2n) is 5.71. The van der Waals surface area contributed by atoms with Crippen LogP contribution in [0.25, 0.3) is 0 Å². The zero-order valence-corrected chi connectivity index (χ0v) is 18.6. The second kappa shape index (κ2) is 11.3. The zero-order valence-electron chi connectivity index (χ0n) is 15.5. The van der Waals surface area contributed by atoms with E-state index in [1.165, 1.54) is 0 Å². The Labute approximate surface area is 176 Å². The van der Waals surface area contributed by atoms with Crippen LogP contribution < -0.4 is 15.4 Å². The molecular formula is C18H26ClIN4O2. The first-order valence-corrected chi connectivity index (χ1v) is 8.73. The van der Waals surface area contributed by atoms with Crippen molar-refractivity contribution in [1.29, 1.82) is 0 Å². The Bertz CT molecular complexity index is 684. The predicted molar refractivity (Wildman–Crippen MR) is 116 cm³/mol. The number of oxazole rings is 1. The highest BCUT2D eigenvalue weighted by Gasteiger charge is 2.08. The molecule has 0 bridgehead atoms. The maximum absolute atomic E-state index is 5.88. The third-order valence-corrected chi connectivity index (χ3v) is 3.75. The summed E-state index contributed by atoms with van der Waals surface area (Å²) in [6.45, 7) is 9.59. The van der Waals surface area contributed by atoms with Gasteiger partial charge < -0.3 is 19.8 Å². The monoisotopic (exact) mass is 492 g/mol. The lowest BCUT2D eigenvalue weighted by Crippen LogP contribution is -2.41. The van der Waals surface area contributed by atoms with Gasteiger partial charge in [0.1, 0.15) is 24.2 Å². The minimum absolute atomic E-state index is 0. The van der Waals surface area contributed by atoms with E-state index in [2.05, 4.69) is 20.6 Å². The summed E-state index contributed by atoms with van der Waals surface area (Å²) in [5, 5.41) is 7.15. The molecule has 2 rings (SSSR count). The first kappa shape index (κ1) is 22.6. The molecule has 1 aromatic heterocycles. The first-order valence-electron chi connectivity index (χ1n) is 8.35. The Hall–Kier alpha value is -1.48. The number of ether oxygens (including phenoxy) is 1. The van der Waals surface area contributed by atoms with Crippen LogP contribution in [0.15, 0.2) is 33.7 Å². The van der Waals surface area contributed by atoms with Gasteiger partial charge in [0.15, 0.2) is 5.96 Å². The quantitative estimate of drug-likeness (QED) is 0.346. The summed E-state index contributed by atoms with van der Waals surface area (Å²) in [5.41, 5.74) is 0.896. The van der Waals surface area contributed by atoms with Crippen molar-refractivity contribution in [3.8, 4) is 5.75 Å². The van der Waals surface area contributed by atoms with Gasteiger partial charge in [-0.25, -0.2) is 9.98 Å². The number of nitrogens with zero attached hydrogens (tertiary/aromatic N) is 2. The van der Waals surface area contributed by atoms with Gasteiger partial charge in [0, 0.05) is 11.6 Å². The van der Waals surface area contributed by atoms with E-state index in [4.69, 9.17) is 20.8 Å². The smallest absolute Gasteiger partial charge is 0.216 e. The summed E-state index contributed by atoms with van der Waals surface area (Å²) in [4.78, 5) is 8.83.